The van der Waals surface area contributed by atoms with E-state index in [0.29, 0.717) is 36.2 Å². The molecule has 3 aromatic rings. The number of nitrogens with one attached hydrogen (secondary N) is 1. The third-order valence-electron chi connectivity index (χ3n) is 5.38. The molecular weight excluding hydrogens is 420 g/mol. The summed E-state index contributed by atoms with van der Waals surface area (Å²) in [7, 11) is 1.58. The van der Waals surface area contributed by atoms with Crippen molar-refractivity contribution in [3.8, 4) is 40.5 Å². The van der Waals surface area contributed by atoms with Gasteiger partial charge in [-0.15, -0.1) is 5.10 Å². The van der Waals surface area contributed by atoms with Gasteiger partial charge in [-0.05, 0) is 55.3 Å². The van der Waals surface area contributed by atoms with E-state index in [2.05, 4.69) is 23.2 Å². The summed E-state index contributed by atoms with van der Waals surface area (Å²) in [5.41, 5.74) is 9.58. The average Bonchev–Trinajstić information content (AvgIpc) is 3.26. The number of nitrogens with two attached hydrogens (primary N) is 1. The topological polar surface area (TPSA) is 115 Å². The number of hydrogen-bond donors (Lipinski definition) is 2. The van der Waals surface area contributed by atoms with E-state index < -0.39 is 5.92 Å². The van der Waals surface area contributed by atoms with Crippen LogP contribution >= 0.6 is 0 Å². The zero-order valence-corrected chi connectivity index (χ0v) is 18.8. The Bertz CT molecular complexity index is 1210. The van der Waals surface area contributed by atoms with Crippen molar-refractivity contribution < 1.29 is 18.9 Å². The van der Waals surface area contributed by atoms with Crippen LogP contribution in [0.15, 0.2) is 53.9 Å². The molecule has 8 nitrogen and oxygen atoms in total. The first-order chi connectivity index (χ1) is 16.1. The number of methoxy groups -OCH3 is 1. The van der Waals surface area contributed by atoms with E-state index in [4.69, 9.17) is 24.7 Å². The number of nitriles is 1. The van der Waals surface area contributed by atoms with Crippen LogP contribution in [0.5, 0.6) is 23.1 Å². The summed E-state index contributed by atoms with van der Waals surface area (Å²) >= 11 is 0. The Hall–Kier alpha value is -4.12. The van der Waals surface area contributed by atoms with Crippen LogP contribution in [0.2, 0.25) is 0 Å². The van der Waals surface area contributed by atoms with Gasteiger partial charge < -0.3 is 24.7 Å². The van der Waals surface area contributed by atoms with Gasteiger partial charge in [0.05, 0.1) is 37.5 Å². The summed E-state index contributed by atoms with van der Waals surface area (Å²) in [6.07, 6.45) is 0.936. The van der Waals surface area contributed by atoms with Crippen LogP contribution in [0.3, 0.4) is 0 Å². The quantitative estimate of drug-likeness (QED) is 0.524. The molecular formula is C25H26N4O4. The second kappa shape index (κ2) is 9.57. The second-order valence-corrected chi connectivity index (χ2v) is 7.46. The normalized spacial score (nSPS) is 14.8. The molecule has 0 bridgehead atoms. The predicted molar refractivity (Wildman–Crippen MR) is 123 cm³/mol. The van der Waals surface area contributed by atoms with Crippen molar-refractivity contribution in [1.82, 2.24) is 10.2 Å². The summed E-state index contributed by atoms with van der Waals surface area (Å²) in [6.45, 7) is 5.14. The molecule has 0 saturated heterocycles. The van der Waals surface area contributed by atoms with Gasteiger partial charge in [0, 0.05) is 5.56 Å². The van der Waals surface area contributed by atoms with Crippen molar-refractivity contribution in [1.29, 1.82) is 5.26 Å². The number of nitrogens with zero attached hydrogens (tertiary/aromatic N) is 2. The SMILES string of the molecule is CCCOc1ccc(-c2[nH]nc3c2C(c2ccc(OCC)c(OC)c2)C(C#N)=C(N)O3)cc1. The van der Waals surface area contributed by atoms with Crippen molar-refractivity contribution in [2.24, 2.45) is 5.73 Å². The molecule has 0 spiro atoms. The van der Waals surface area contributed by atoms with Crippen LogP contribution in [0.25, 0.3) is 11.3 Å². The van der Waals surface area contributed by atoms with Crippen molar-refractivity contribution in [3.05, 3.63) is 65.0 Å². The molecule has 8 heteroatoms. The standard InChI is InChI=1S/C25H26N4O4/c1-4-12-32-17-9-6-15(7-10-17)23-22-21(18(14-26)24(27)33-25(22)29-28-23)16-8-11-19(31-5-2)20(13-16)30-3/h6-11,13,21H,4-5,12,27H2,1-3H3,(H,28,29). The Morgan fingerprint density at radius 2 is 1.91 bits per heavy atom. The monoisotopic (exact) mass is 446 g/mol. The van der Waals surface area contributed by atoms with E-state index in [1.165, 1.54) is 0 Å². The van der Waals surface area contributed by atoms with Crippen molar-refractivity contribution in [2.45, 2.75) is 26.2 Å². The molecule has 3 N–H and O–H groups in total. The van der Waals surface area contributed by atoms with E-state index in [1.54, 1.807) is 7.11 Å². The molecule has 1 aliphatic heterocycles. The lowest BCUT2D eigenvalue weighted by atomic mass is 9.83. The molecule has 1 aromatic heterocycles. The highest BCUT2D eigenvalue weighted by atomic mass is 16.5. The van der Waals surface area contributed by atoms with Crippen LogP contribution < -0.4 is 24.7 Å². The van der Waals surface area contributed by atoms with Crippen LogP contribution in [-0.4, -0.2) is 30.5 Å². The largest absolute Gasteiger partial charge is 0.494 e. The summed E-state index contributed by atoms with van der Waals surface area (Å²) in [4.78, 5) is 0. The molecule has 2 heterocycles. The molecule has 1 atom stereocenters. The van der Waals surface area contributed by atoms with Gasteiger partial charge in [0.1, 0.15) is 17.4 Å². The second-order valence-electron chi connectivity index (χ2n) is 7.46. The summed E-state index contributed by atoms with van der Waals surface area (Å²) in [6, 6.07) is 15.5. The van der Waals surface area contributed by atoms with Gasteiger partial charge in [-0.25, -0.2) is 0 Å². The number of aromatic amines is 1. The minimum Gasteiger partial charge on any atom is -0.494 e. The molecule has 33 heavy (non-hydrogen) atoms. The van der Waals surface area contributed by atoms with Gasteiger partial charge in [-0.2, -0.15) is 5.26 Å². The fraction of sp³-hybridized carbons (Fsp3) is 0.280. The highest BCUT2D eigenvalue weighted by Gasteiger charge is 2.36. The smallest absolute Gasteiger partial charge is 0.244 e. The van der Waals surface area contributed by atoms with Gasteiger partial charge in [0.2, 0.25) is 11.8 Å². The zero-order valence-electron chi connectivity index (χ0n) is 18.8. The van der Waals surface area contributed by atoms with E-state index in [-0.39, 0.29) is 5.88 Å². The minimum absolute atomic E-state index is 0.0317. The Balaban J connectivity index is 1.81. The lowest BCUT2D eigenvalue weighted by Crippen LogP contribution is -2.21. The Labute approximate surface area is 192 Å². The molecule has 0 saturated carbocycles. The number of aromatic nitrogens is 2. The molecule has 1 unspecified atom stereocenters. The molecule has 0 fully saturated rings. The fourth-order valence-electron chi connectivity index (χ4n) is 3.87. The van der Waals surface area contributed by atoms with E-state index >= 15 is 0 Å². The van der Waals surface area contributed by atoms with Crippen LogP contribution in [0.4, 0.5) is 0 Å². The van der Waals surface area contributed by atoms with Crippen LogP contribution in [0.1, 0.15) is 37.3 Å². The zero-order chi connectivity index (χ0) is 23.4. The highest BCUT2D eigenvalue weighted by molar-refractivity contribution is 5.71. The number of benzene rings is 2. The maximum atomic E-state index is 9.93. The molecule has 0 radical (unpaired) electrons. The minimum atomic E-state index is -0.493. The average molecular weight is 447 g/mol. The van der Waals surface area contributed by atoms with Gasteiger partial charge in [-0.1, -0.05) is 13.0 Å². The van der Waals surface area contributed by atoms with Crippen molar-refractivity contribution in [3.63, 3.8) is 0 Å². The number of allylic oxidation sites excluding steroid dienone is 1. The number of H-pyrrole nitrogens is 1. The van der Waals surface area contributed by atoms with Crippen molar-refractivity contribution in [2.75, 3.05) is 20.3 Å². The first-order valence-electron chi connectivity index (χ1n) is 10.8. The van der Waals surface area contributed by atoms with E-state index in [1.807, 2.05) is 49.4 Å². The molecule has 0 amide bonds. The van der Waals surface area contributed by atoms with Crippen LogP contribution in [-0.2, 0) is 0 Å². The Kier molecular flexibility index (Phi) is 6.41. The van der Waals surface area contributed by atoms with E-state index in [9.17, 15) is 5.26 Å². The molecule has 1 aliphatic rings. The lowest BCUT2D eigenvalue weighted by Gasteiger charge is -2.25. The molecule has 170 valence electrons. The maximum absolute atomic E-state index is 9.93. The van der Waals surface area contributed by atoms with Gasteiger partial charge in [0.15, 0.2) is 11.5 Å². The molecule has 4 rings (SSSR count). The molecule has 2 aromatic carbocycles. The highest BCUT2D eigenvalue weighted by Crippen LogP contribution is 2.47. The summed E-state index contributed by atoms with van der Waals surface area (Å²) in [5.74, 6) is 1.87. The predicted octanol–water partition coefficient (Wildman–Crippen LogP) is 4.49. The number of fused-ring (bicyclic) bond motifs is 1. The van der Waals surface area contributed by atoms with Gasteiger partial charge in [0.25, 0.3) is 0 Å². The first-order valence-corrected chi connectivity index (χ1v) is 10.8. The fourth-order valence-corrected chi connectivity index (χ4v) is 3.87. The number of hydrogen-bond acceptors (Lipinski definition) is 7. The van der Waals surface area contributed by atoms with Gasteiger partial charge >= 0.3 is 0 Å². The lowest BCUT2D eigenvalue weighted by molar-refractivity contribution is 0.310. The maximum Gasteiger partial charge on any atom is 0.244 e. The van der Waals surface area contributed by atoms with Crippen LogP contribution in [0, 0.1) is 11.3 Å². The Morgan fingerprint density at radius 1 is 1.12 bits per heavy atom. The molecule has 0 aliphatic carbocycles. The summed E-state index contributed by atoms with van der Waals surface area (Å²) < 4.78 is 22.6. The number of ether oxygens (including phenoxy) is 4. The number of rotatable bonds is 8. The third-order valence-corrected chi connectivity index (χ3v) is 5.38. The van der Waals surface area contributed by atoms with Gasteiger partial charge in [-0.3, -0.25) is 5.10 Å². The third kappa shape index (κ3) is 4.17. The summed E-state index contributed by atoms with van der Waals surface area (Å²) in [5, 5.41) is 17.3. The Morgan fingerprint density at radius 3 is 2.58 bits per heavy atom. The first kappa shape index (κ1) is 22.1. The van der Waals surface area contributed by atoms with Crippen molar-refractivity contribution >= 4 is 0 Å². The van der Waals surface area contributed by atoms with E-state index in [0.717, 1.165) is 34.6 Å².